The van der Waals surface area contributed by atoms with E-state index in [2.05, 4.69) is 0 Å². The van der Waals surface area contributed by atoms with Crippen molar-refractivity contribution < 1.29 is 83.3 Å². The summed E-state index contributed by atoms with van der Waals surface area (Å²) < 4.78 is 42.6. The molecule has 0 aromatic carbocycles. The largest absolute Gasteiger partial charge is 0.462 e. The Balaban J connectivity index is 1.61. The maximum atomic E-state index is 13.6. The van der Waals surface area contributed by atoms with Crippen molar-refractivity contribution in [1.82, 2.24) is 4.90 Å². The van der Waals surface area contributed by atoms with Crippen molar-refractivity contribution in [2.45, 2.75) is 191 Å². The molecule has 0 spiro atoms. The SMILES string of the molecule is CC[C@H]1OC(=O)C[C@@H](O)[C@H](C)[C@@H](O[C@@H]2O[C@H](C)[C@@H](O[C@H]3C[C@@](C)(O)[C@@H](O)[C@H](C)O3)[C@H](N(C)C)[C@H]2O)[C@@H](CC=O)C[C@@H](C)C(=O)/C=C/C(C)=C/[C@@H]1CO[C@@H]1O[C@H](C)[C@@H](O)[C@@H](O)[C@H]1O. The number of rotatable bonds is 11. The number of esters is 1. The van der Waals surface area contributed by atoms with E-state index < -0.39 is 140 Å². The number of allylic oxidation sites excluding steroid dienone is 3. The molecular formula is C44H73NO17. The maximum Gasteiger partial charge on any atom is 0.308 e. The topological polar surface area (TPSA) is 261 Å². The van der Waals surface area contributed by atoms with Gasteiger partial charge in [0.2, 0.25) is 0 Å². The van der Waals surface area contributed by atoms with Gasteiger partial charge in [-0.2, -0.15) is 0 Å². The van der Waals surface area contributed by atoms with Crippen LogP contribution in [0.3, 0.4) is 0 Å². The van der Waals surface area contributed by atoms with Crippen LogP contribution in [-0.2, 0) is 47.5 Å². The van der Waals surface area contributed by atoms with Gasteiger partial charge >= 0.3 is 5.97 Å². The predicted molar refractivity (Wildman–Crippen MR) is 221 cm³/mol. The van der Waals surface area contributed by atoms with Crippen LogP contribution in [0.4, 0.5) is 0 Å². The highest BCUT2D eigenvalue weighted by molar-refractivity contribution is 5.91. The van der Waals surface area contributed by atoms with E-state index in [1.807, 2.05) is 0 Å². The van der Waals surface area contributed by atoms with E-state index in [-0.39, 0.29) is 31.7 Å². The summed E-state index contributed by atoms with van der Waals surface area (Å²) in [7, 11) is 3.48. The standard InChI is InChI=1S/C44H73NO17/c1-11-31-28(20-56-42-38(53)37(52)35(50)24(5)58-42)16-21(2)12-13-29(47)22(3)17-27(14-15-46)39(23(4)30(48)18-32(49)60-31)62-43-36(51)34(45(9)10)40(25(6)59-43)61-33-19-44(8,55)41(54)26(7)57-33/h12-13,15-16,22-28,30-31,33-43,48,50-55H,11,14,17-20H2,1-10H3/b13-12+,21-16+/t22-,23+,24-,25-,26+,27+,28-,30-,31-,33+,34-,35-,36-,37-,38-,39-,40-,41+,42-,43+,44-/m1/s1. The van der Waals surface area contributed by atoms with Crippen molar-refractivity contribution in [2.75, 3.05) is 20.7 Å². The number of ketones is 1. The van der Waals surface area contributed by atoms with Crippen molar-refractivity contribution in [3.63, 3.8) is 0 Å². The van der Waals surface area contributed by atoms with Gasteiger partial charge < -0.3 is 78.6 Å². The van der Waals surface area contributed by atoms with Crippen LogP contribution in [0.5, 0.6) is 0 Å². The highest BCUT2D eigenvalue weighted by Crippen LogP contribution is 2.37. The van der Waals surface area contributed by atoms with Gasteiger partial charge in [-0.05, 0) is 73.5 Å². The zero-order valence-corrected chi connectivity index (χ0v) is 37.8. The van der Waals surface area contributed by atoms with Crippen LogP contribution >= 0.6 is 0 Å². The first-order valence-corrected chi connectivity index (χ1v) is 21.9. The Morgan fingerprint density at radius 3 is 2.13 bits per heavy atom. The molecule has 356 valence electrons. The molecule has 18 nitrogen and oxygen atoms in total. The molecule has 62 heavy (non-hydrogen) atoms. The minimum atomic E-state index is -1.56. The van der Waals surface area contributed by atoms with Gasteiger partial charge in [-0.25, -0.2) is 0 Å². The fourth-order valence-electron chi connectivity index (χ4n) is 9.02. The first kappa shape index (κ1) is 52.4. The molecule has 0 radical (unpaired) electrons. The number of cyclic esters (lactones) is 1. The zero-order valence-electron chi connectivity index (χ0n) is 37.8. The molecule has 0 aromatic rings. The van der Waals surface area contributed by atoms with Crippen LogP contribution < -0.4 is 0 Å². The van der Waals surface area contributed by atoms with Crippen molar-refractivity contribution >= 4 is 18.0 Å². The van der Waals surface area contributed by atoms with Crippen molar-refractivity contribution in [3.8, 4) is 0 Å². The molecule has 3 fully saturated rings. The van der Waals surface area contributed by atoms with Crippen LogP contribution in [0, 0.1) is 23.7 Å². The Labute approximate surface area is 365 Å². The van der Waals surface area contributed by atoms with Gasteiger partial charge in [0.05, 0.1) is 55.2 Å². The minimum Gasteiger partial charge on any atom is -0.462 e. The normalized spacial score (nSPS) is 47.0. The average Bonchev–Trinajstić information content (AvgIpc) is 3.20. The molecule has 0 saturated carbocycles. The lowest BCUT2D eigenvalue weighted by Crippen LogP contribution is -2.65. The van der Waals surface area contributed by atoms with E-state index in [0.717, 1.165) is 0 Å². The third kappa shape index (κ3) is 13.0. The Kier molecular flexibility index (Phi) is 19.2. The molecule has 4 rings (SSSR count). The number of hydrogen-bond acceptors (Lipinski definition) is 18. The van der Waals surface area contributed by atoms with Gasteiger partial charge in [0.1, 0.15) is 49.0 Å². The van der Waals surface area contributed by atoms with E-state index in [0.29, 0.717) is 18.3 Å². The molecule has 0 amide bonds. The molecular weight excluding hydrogens is 814 g/mol. The van der Waals surface area contributed by atoms with Crippen LogP contribution in [0.15, 0.2) is 23.8 Å². The second kappa shape index (κ2) is 22.8. The maximum absolute atomic E-state index is 13.6. The summed E-state index contributed by atoms with van der Waals surface area (Å²) in [4.78, 5) is 41.3. The predicted octanol–water partition coefficient (Wildman–Crippen LogP) is 0.525. The van der Waals surface area contributed by atoms with Gasteiger partial charge in [-0.1, -0.05) is 38.5 Å². The molecule has 4 heterocycles. The first-order valence-electron chi connectivity index (χ1n) is 21.9. The van der Waals surface area contributed by atoms with Gasteiger partial charge in [0.25, 0.3) is 0 Å². The van der Waals surface area contributed by atoms with Crippen molar-refractivity contribution in [1.29, 1.82) is 0 Å². The monoisotopic (exact) mass is 887 g/mol. The number of ether oxygens (including phenoxy) is 7. The fraction of sp³-hybridized carbons (Fsp3) is 0.841. The van der Waals surface area contributed by atoms with E-state index in [1.165, 1.54) is 19.9 Å². The van der Waals surface area contributed by atoms with Gasteiger partial charge in [-0.3, -0.25) is 9.59 Å². The summed E-state index contributed by atoms with van der Waals surface area (Å²) >= 11 is 0. The Morgan fingerprint density at radius 1 is 0.855 bits per heavy atom. The number of likely N-dealkylation sites (N-methyl/N-ethyl adjacent to an activating group) is 1. The van der Waals surface area contributed by atoms with Gasteiger partial charge in [0, 0.05) is 30.6 Å². The Morgan fingerprint density at radius 2 is 1.52 bits per heavy atom. The molecule has 21 atom stereocenters. The number of nitrogens with zero attached hydrogens (tertiary/aromatic N) is 1. The molecule has 0 unspecified atom stereocenters. The lowest BCUT2D eigenvalue weighted by atomic mass is 9.79. The Bertz CT molecular complexity index is 1530. The summed E-state index contributed by atoms with van der Waals surface area (Å²) in [5.74, 6) is -3.84. The summed E-state index contributed by atoms with van der Waals surface area (Å²) in [5, 5.41) is 76.0. The number of carbonyl (C=O) groups excluding carboxylic acids is 3. The number of aldehydes is 1. The van der Waals surface area contributed by atoms with Gasteiger partial charge in [-0.15, -0.1) is 0 Å². The van der Waals surface area contributed by atoms with E-state index in [4.69, 9.17) is 33.2 Å². The smallest absolute Gasteiger partial charge is 0.308 e. The minimum absolute atomic E-state index is 0.0454. The summed E-state index contributed by atoms with van der Waals surface area (Å²) in [6.45, 7) is 13.1. The van der Waals surface area contributed by atoms with Crippen LogP contribution in [0.25, 0.3) is 0 Å². The van der Waals surface area contributed by atoms with Crippen LogP contribution in [0.2, 0.25) is 0 Å². The third-order valence-electron chi connectivity index (χ3n) is 12.9. The lowest BCUT2D eigenvalue weighted by Gasteiger charge is -2.50. The number of aliphatic hydroxyl groups is 7. The van der Waals surface area contributed by atoms with E-state index >= 15 is 0 Å². The first-order chi connectivity index (χ1) is 29.0. The summed E-state index contributed by atoms with van der Waals surface area (Å²) in [6, 6.07) is -0.761. The quantitative estimate of drug-likeness (QED) is 0.110. The molecule has 18 heteroatoms. The highest BCUT2D eigenvalue weighted by atomic mass is 16.7. The second-order valence-electron chi connectivity index (χ2n) is 18.3. The van der Waals surface area contributed by atoms with Crippen molar-refractivity contribution in [2.24, 2.45) is 23.7 Å². The van der Waals surface area contributed by atoms with E-state index in [1.54, 1.807) is 72.7 Å². The summed E-state index contributed by atoms with van der Waals surface area (Å²) in [6.07, 6.45) is -11.6. The number of carbonyl (C=O) groups is 3. The van der Waals surface area contributed by atoms with Crippen molar-refractivity contribution in [3.05, 3.63) is 23.8 Å². The summed E-state index contributed by atoms with van der Waals surface area (Å²) in [5.41, 5.74) is -0.876. The van der Waals surface area contributed by atoms with Gasteiger partial charge in [0.15, 0.2) is 24.7 Å². The zero-order chi connectivity index (χ0) is 46.4. The number of aliphatic hydroxyl groups excluding tert-OH is 6. The molecule has 7 N–H and O–H groups in total. The lowest BCUT2D eigenvalue weighted by molar-refractivity contribution is -0.341. The second-order valence-corrected chi connectivity index (χ2v) is 18.3. The molecule has 3 saturated heterocycles. The molecule has 4 aliphatic heterocycles. The number of hydrogen-bond donors (Lipinski definition) is 7. The third-order valence-corrected chi connectivity index (χ3v) is 12.9. The van der Waals surface area contributed by atoms with Crippen LogP contribution in [0.1, 0.15) is 87.5 Å². The Hall–Kier alpha value is -2.27. The molecule has 0 aliphatic carbocycles. The average molecular weight is 888 g/mol. The molecule has 4 aliphatic rings. The molecule has 0 bridgehead atoms. The molecule has 0 aromatic heterocycles. The van der Waals surface area contributed by atoms with E-state index in [9.17, 15) is 50.1 Å². The fourth-order valence-corrected chi connectivity index (χ4v) is 9.02. The highest BCUT2D eigenvalue weighted by Gasteiger charge is 2.51. The van der Waals surface area contributed by atoms with Crippen LogP contribution in [-0.4, -0.2) is 183 Å².